The minimum absolute atomic E-state index is 0.125. The topological polar surface area (TPSA) is 78.9 Å². The van der Waals surface area contributed by atoms with E-state index in [2.05, 4.69) is 5.32 Å². The molecule has 4 heteroatoms. The van der Waals surface area contributed by atoms with Crippen molar-refractivity contribution in [1.82, 2.24) is 5.32 Å². The van der Waals surface area contributed by atoms with Gasteiger partial charge in [-0.1, -0.05) is 30.3 Å². The number of nitrogens with one attached hydrogen (secondary N) is 1. The quantitative estimate of drug-likeness (QED) is 0.671. The summed E-state index contributed by atoms with van der Waals surface area (Å²) in [5, 5.41) is 11.2. The van der Waals surface area contributed by atoms with E-state index in [1.807, 2.05) is 36.4 Å². The Balaban J connectivity index is 2.60. The Morgan fingerprint density at radius 1 is 1.47 bits per heavy atom. The molecule has 0 heterocycles. The van der Waals surface area contributed by atoms with Crippen molar-refractivity contribution in [3.05, 3.63) is 35.9 Å². The number of hydrogen-bond acceptors (Lipinski definition) is 3. The first-order valence-corrected chi connectivity index (χ1v) is 4.67. The zero-order chi connectivity index (χ0) is 11.1. The number of nitrogens with two attached hydrogens (primary N) is 1. The van der Waals surface area contributed by atoms with Crippen molar-refractivity contribution in [3.63, 3.8) is 0 Å². The molecule has 15 heavy (non-hydrogen) atoms. The molecule has 0 unspecified atom stereocenters. The van der Waals surface area contributed by atoms with Gasteiger partial charge in [0.25, 0.3) is 0 Å². The van der Waals surface area contributed by atoms with Crippen molar-refractivity contribution < 1.29 is 4.79 Å². The molecule has 0 radical (unpaired) electrons. The van der Waals surface area contributed by atoms with Crippen LogP contribution in [0.1, 0.15) is 5.56 Å². The third-order valence-corrected chi connectivity index (χ3v) is 2.05. The first-order valence-electron chi connectivity index (χ1n) is 4.67. The average Bonchev–Trinajstić information content (AvgIpc) is 2.25. The molecule has 0 aromatic heterocycles. The van der Waals surface area contributed by atoms with E-state index in [9.17, 15) is 4.79 Å². The molecular weight excluding hydrogens is 190 g/mol. The molecule has 0 aliphatic rings. The summed E-state index contributed by atoms with van der Waals surface area (Å²) in [5.41, 5.74) is 6.23. The van der Waals surface area contributed by atoms with E-state index in [0.717, 1.165) is 5.56 Å². The monoisotopic (exact) mass is 203 g/mol. The smallest absolute Gasteiger partial charge is 0.234 e. The van der Waals surface area contributed by atoms with Crippen molar-refractivity contribution in [2.24, 2.45) is 5.73 Å². The lowest BCUT2D eigenvalue weighted by atomic mass is 10.1. The molecule has 0 fully saturated rings. The van der Waals surface area contributed by atoms with Crippen LogP contribution in [0, 0.1) is 11.3 Å². The van der Waals surface area contributed by atoms with Crippen LogP contribution in [0.4, 0.5) is 0 Å². The fourth-order valence-electron chi connectivity index (χ4n) is 1.29. The summed E-state index contributed by atoms with van der Waals surface area (Å²) in [6.07, 6.45) is 0.512. The number of amides is 1. The average molecular weight is 203 g/mol. The lowest BCUT2D eigenvalue weighted by Crippen LogP contribution is -2.43. The normalized spacial score (nSPS) is 11.7. The van der Waals surface area contributed by atoms with Gasteiger partial charge in [0.1, 0.15) is 0 Å². The summed E-state index contributed by atoms with van der Waals surface area (Å²) in [4.78, 5) is 11.1. The van der Waals surface area contributed by atoms with Gasteiger partial charge in [-0.05, 0) is 12.0 Å². The summed E-state index contributed by atoms with van der Waals surface area (Å²) in [6.45, 7) is 0.125. The van der Waals surface area contributed by atoms with Gasteiger partial charge in [0.15, 0.2) is 0 Å². The van der Waals surface area contributed by atoms with Gasteiger partial charge in [0.2, 0.25) is 5.91 Å². The number of benzene rings is 1. The SMILES string of the molecule is N#CCN[C@@H](Cc1ccccc1)C(N)=O. The Morgan fingerprint density at radius 2 is 2.13 bits per heavy atom. The predicted molar refractivity (Wildman–Crippen MR) is 56.7 cm³/mol. The largest absolute Gasteiger partial charge is 0.368 e. The van der Waals surface area contributed by atoms with E-state index >= 15 is 0 Å². The Labute approximate surface area is 88.7 Å². The van der Waals surface area contributed by atoms with Crippen LogP contribution in [0.15, 0.2) is 30.3 Å². The third-order valence-electron chi connectivity index (χ3n) is 2.05. The second-order valence-corrected chi connectivity index (χ2v) is 3.18. The zero-order valence-electron chi connectivity index (χ0n) is 8.31. The minimum Gasteiger partial charge on any atom is -0.368 e. The van der Waals surface area contributed by atoms with Gasteiger partial charge in [-0.25, -0.2) is 0 Å². The fraction of sp³-hybridized carbons (Fsp3) is 0.273. The Morgan fingerprint density at radius 3 is 2.67 bits per heavy atom. The highest BCUT2D eigenvalue weighted by Crippen LogP contribution is 2.02. The maximum absolute atomic E-state index is 11.1. The number of nitriles is 1. The number of hydrogen-bond donors (Lipinski definition) is 2. The van der Waals surface area contributed by atoms with E-state index < -0.39 is 11.9 Å². The van der Waals surface area contributed by atoms with E-state index in [1.54, 1.807) is 0 Å². The van der Waals surface area contributed by atoms with Gasteiger partial charge >= 0.3 is 0 Å². The molecule has 1 aromatic carbocycles. The fourth-order valence-corrected chi connectivity index (χ4v) is 1.29. The van der Waals surface area contributed by atoms with Crippen molar-refractivity contribution in [2.75, 3.05) is 6.54 Å². The molecule has 0 bridgehead atoms. The molecule has 0 spiro atoms. The first-order chi connectivity index (χ1) is 7.24. The Hall–Kier alpha value is -1.86. The van der Waals surface area contributed by atoms with E-state index in [-0.39, 0.29) is 6.54 Å². The van der Waals surface area contributed by atoms with Gasteiger partial charge in [0.05, 0.1) is 18.7 Å². The molecule has 1 amide bonds. The summed E-state index contributed by atoms with van der Waals surface area (Å²) in [7, 11) is 0. The number of primary amides is 1. The van der Waals surface area contributed by atoms with Crippen molar-refractivity contribution in [1.29, 1.82) is 5.26 Å². The van der Waals surface area contributed by atoms with Crippen LogP contribution in [0.2, 0.25) is 0 Å². The first kappa shape index (κ1) is 11.2. The maximum atomic E-state index is 11.1. The maximum Gasteiger partial charge on any atom is 0.234 e. The zero-order valence-corrected chi connectivity index (χ0v) is 8.31. The van der Waals surface area contributed by atoms with Gasteiger partial charge in [-0.3, -0.25) is 10.1 Å². The van der Waals surface area contributed by atoms with Crippen molar-refractivity contribution in [2.45, 2.75) is 12.5 Å². The Kier molecular flexibility index (Phi) is 4.32. The molecule has 3 N–H and O–H groups in total. The second kappa shape index (κ2) is 5.78. The van der Waals surface area contributed by atoms with E-state index in [1.165, 1.54) is 0 Å². The van der Waals surface area contributed by atoms with Gasteiger partial charge in [-0.15, -0.1) is 0 Å². The number of carbonyl (C=O) groups excluding carboxylic acids is 1. The van der Waals surface area contributed by atoms with E-state index in [0.29, 0.717) is 6.42 Å². The second-order valence-electron chi connectivity index (χ2n) is 3.18. The summed E-state index contributed by atoms with van der Waals surface area (Å²) < 4.78 is 0. The molecule has 0 aliphatic heterocycles. The molecule has 4 nitrogen and oxygen atoms in total. The van der Waals surface area contributed by atoms with Crippen LogP contribution in [-0.2, 0) is 11.2 Å². The third kappa shape index (κ3) is 3.79. The molecule has 0 saturated heterocycles. The number of carbonyl (C=O) groups is 1. The molecule has 1 atom stereocenters. The lowest BCUT2D eigenvalue weighted by Gasteiger charge is -2.12. The van der Waals surface area contributed by atoms with Gasteiger partial charge in [0, 0.05) is 0 Å². The summed E-state index contributed by atoms with van der Waals surface area (Å²) >= 11 is 0. The molecule has 0 saturated carbocycles. The number of nitrogens with zero attached hydrogens (tertiary/aromatic N) is 1. The van der Waals surface area contributed by atoms with Crippen LogP contribution >= 0.6 is 0 Å². The van der Waals surface area contributed by atoms with Crippen LogP contribution in [0.25, 0.3) is 0 Å². The summed E-state index contributed by atoms with van der Waals surface area (Å²) in [6, 6.07) is 11.0. The highest BCUT2D eigenvalue weighted by molar-refractivity contribution is 5.80. The summed E-state index contributed by atoms with van der Waals surface area (Å²) in [5.74, 6) is -0.436. The van der Waals surface area contributed by atoms with Gasteiger partial charge in [-0.2, -0.15) is 5.26 Å². The number of rotatable bonds is 5. The van der Waals surface area contributed by atoms with Crippen LogP contribution in [0.3, 0.4) is 0 Å². The lowest BCUT2D eigenvalue weighted by molar-refractivity contribution is -0.119. The molecule has 1 rings (SSSR count). The van der Waals surface area contributed by atoms with Gasteiger partial charge < -0.3 is 5.73 Å². The Bertz CT molecular complexity index is 356. The molecular formula is C11H13N3O. The standard InChI is InChI=1S/C11H13N3O/c12-6-7-14-10(11(13)15)8-9-4-2-1-3-5-9/h1-5,10,14H,7-8H2,(H2,13,15)/t10-/m0/s1. The van der Waals surface area contributed by atoms with Crippen LogP contribution in [-0.4, -0.2) is 18.5 Å². The highest BCUT2D eigenvalue weighted by atomic mass is 16.1. The van der Waals surface area contributed by atoms with Crippen molar-refractivity contribution in [3.8, 4) is 6.07 Å². The molecule has 0 aliphatic carbocycles. The van der Waals surface area contributed by atoms with E-state index in [4.69, 9.17) is 11.0 Å². The minimum atomic E-state index is -0.480. The van der Waals surface area contributed by atoms with Crippen molar-refractivity contribution >= 4 is 5.91 Å². The molecule has 78 valence electrons. The predicted octanol–water partition coefficient (Wildman–Crippen LogP) is 0.196. The van der Waals surface area contributed by atoms with Crippen LogP contribution in [0.5, 0.6) is 0 Å². The highest BCUT2D eigenvalue weighted by Gasteiger charge is 2.14. The van der Waals surface area contributed by atoms with Crippen LogP contribution < -0.4 is 11.1 Å². The molecule has 1 aromatic rings.